The molecule has 3 unspecified atom stereocenters. The van der Waals surface area contributed by atoms with Crippen LogP contribution in [0.5, 0.6) is 5.75 Å². The van der Waals surface area contributed by atoms with Crippen molar-refractivity contribution in [2.24, 2.45) is 5.92 Å². The summed E-state index contributed by atoms with van der Waals surface area (Å²) in [5, 5.41) is 15.1. The molecule has 23 heavy (non-hydrogen) atoms. The Labute approximate surface area is 153 Å². The molecule has 1 aliphatic heterocycles. The van der Waals surface area contributed by atoms with Crippen LogP contribution in [0.3, 0.4) is 0 Å². The first kappa shape index (κ1) is 15.4. The lowest BCUT2D eigenvalue weighted by atomic mass is 9.77. The third kappa shape index (κ3) is 2.55. The summed E-state index contributed by atoms with van der Waals surface area (Å²) in [4.78, 5) is 0. The first-order valence-corrected chi connectivity index (χ1v) is 9.00. The molecule has 5 heteroatoms. The van der Waals surface area contributed by atoms with E-state index in [2.05, 4.69) is 33.4 Å². The van der Waals surface area contributed by atoms with Gasteiger partial charge in [-0.3, -0.25) is 0 Å². The zero-order valence-corrected chi connectivity index (χ0v) is 15.2. The summed E-state index contributed by atoms with van der Waals surface area (Å²) >= 11 is 16.1. The Kier molecular flexibility index (Phi) is 3.83. The first-order valence-electron chi connectivity index (χ1n) is 7.45. The number of anilines is 1. The third-order valence-corrected chi connectivity index (χ3v) is 5.72. The van der Waals surface area contributed by atoms with Gasteiger partial charge >= 0.3 is 0 Å². The summed E-state index contributed by atoms with van der Waals surface area (Å²) in [6, 6.07) is 9.27. The van der Waals surface area contributed by atoms with Gasteiger partial charge in [-0.15, -0.1) is 0 Å². The van der Waals surface area contributed by atoms with Gasteiger partial charge in [-0.1, -0.05) is 51.3 Å². The number of phenols is 1. The zero-order valence-electron chi connectivity index (χ0n) is 12.1. The molecule has 0 spiro atoms. The number of phenolic OH excluding ortho intramolecular Hbond substituents is 1. The molecule has 0 bridgehead atoms. The number of halogens is 3. The number of aromatic hydroxyl groups is 1. The van der Waals surface area contributed by atoms with E-state index in [1.165, 1.54) is 0 Å². The monoisotopic (exact) mass is 409 g/mol. The predicted octanol–water partition coefficient (Wildman–Crippen LogP) is 6.29. The minimum Gasteiger partial charge on any atom is -0.508 e. The number of nitrogens with one attached hydrogen (secondary N) is 1. The highest BCUT2D eigenvalue weighted by atomic mass is 79.9. The van der Waals surface area contributed by atoms with Crippen molar-refractivity contribution in [2.45, 2.75) is 18.4 Å². The van der Waals surface area contributed by atoms with Gasteiger partial charge in [0, 0.05) is 21.0 Å². The fourth-order valence-corrected chi connectivity index (χ4v) is 4.65. The van der Waals surface area contributed by atoms with E-state index < -0.39 is 0 Å². The molecule has 0 fully saturated rings. The van der Waals surface area contributed by atoms with Crippen LogP contribution in [-0.2, 0) is 0 Å². The van der Waals surface area contributed by atoms with Crippen molar-refractivity contribution < 1.29 is 5.11 Å². The number of benzene rings is 2. The van der Waals surface area contributed by atoms with Gasteiger partial charge < -0.3 is 10.4 Å². The Balaban J connectivity index is 1.86. The highest BCUT2D eigenvalue weighted by Gasteiger charge is 2.39. The van der Waals surface area contributed by atoms with Crippen LogP contribution in [-0.4, -0.2) is 5.11 Å². The number of allylic oxidation sites excluding steroid dienone is 2. The lowest BCUT2D eigenvalue weighted by Crippen LogP contribution is -2.29. The molecule has 4 rings (SSSR count). The molecule has 2 N–H and O–H groups in total. The number of hydrogen-bond donors (Lipinski definition) is 2. The molecular weight excluding hydrogens is 397 g/mol. The Morgan fingerprint density at radius 3 is 2.78 bits per heavy atom. The summed E-state index contributed by atoms with van der Waals surface area (Å²) in [5.41, 5.74) is 2.93. The van der Waals surface area contributed by atoms with Gasteiger partial charge in [-0.05, 0) is 48.2 Å². The van der Waals surface area contributed by atoms with E-state index >= 15 is 0 Å². The number of fused-ring (bicyclic) bond motifs is 3. The Hall–Kier alpha value is -1.16. The van der Waals surface area contributed by atoms with Crippen LogP contribution in [0.25, 0.3) is 0 Å². The molecule has 3 atom stereocenters. The van der Waals surface area contributed by atoms with Crippen LogP contribution in [0.4, 0.5) is 5.69 Å². The molecule has 2 aliphatic rings. The zero-order chi connectivity index (χ0) is 16.1. The summed E-state index contributed by atoms with van der Waals surface area (Å²) in [6.45, 7) is 0. The molecular formula is C18H14BrCl2NO. The number of rotatable bonds is 1. The van der Waals surface area contributed by atoms with Crippen LogP contribution in [0, 0.1) is 5.92 Å². The molecule has 0 aromatic heterocycles. The summed E-state index contributed by atoms with van der Waals surface area (Å²) in [7, 11) is 0. The normalized spacial score (nSPS) is 24.9. The predicted molar refractivity (Wildman–Crippen MR) is 98.6 cm³/mol. The van der Waals surface area contributed by atoms with Crippen LogP contribution >= 0.6 is 39.1 Å². The molecule has 1 aliphatic carbocycles. The fraction of sp³-hybridized carbons (Fsp3) is 0.222. The molecule has 0 saturated carbocycles. The van der Waals surface area contributed by atoms with E-state index in [0.717, 1.165) is 27.7 Å². The smallest absolute Gasteiger partial charge is 0.120 e. The van der Waals surface area contributed by atoms with Gasteiger partial charge in [0.05, 0.1) is 16.8 Å². The van der Waals surface area contributed by atoms with Crippen LogP contribution in [0.15, 0.2) is 47.0 Å². The minimum atomic E-state index is -0.00123. The van der Waals surface area contributed by atoms with Crippen molar-refractivity contribution in [1.82, 2.24) is 0 Å². The van der Waals surface area contributed by atoms with E-state index in [4.69, 9.17) is 23.2 Å². The van der Waals surface area contributed by atoms with Gasteiger partial charge in [-0.2, -0.15) is 0 Å². The SMILES string of the molecule is Oc1ccc(Br)cc1C1Nc2c(Cl)cc(Cl)cc2C2C=CCC21. The Bertz CT molecular complexity index is 821. The maximum absolute atomic E-state index is 10.3. The Morgan fingerprint density at radius 1 is 1.13 bits per heavy atom. The molecule has 2 aromatic rings. The molecule has 0 radical (unpaired) electrons. The van der Waals surface area contributed by atoms with Crippen molar-refractivity contribution in [2.75, 3.05) is 5.32 Å². The second-order valence-corrected chi connectivity index (χ2v) is 7.79. The highest BCUT2D eigenvalue weighted by molar-refractivity contribution is 9.10. The molecule has 0 amide bonds. The van der Waals surface area contributed by atoms with Crippen molar-refractivity contribution in [3.63, 3.8) is 0 Å². The molecule has 0 saturated heterocycles. The summed E-state index contributed by atoms with van der Waals surface area (Å²) in [5.74, 6) is 0.882. The molecule has 2 nitrogen and oxygen atoms in total. The maximum atomic E-state index is 10.3. The molecule has 1 heterocycles. The van der Waals surface area contributed by atoms with Crippen molar-refractivity contribution in [3.05, 3.63) is 68.1 Å². The second kappa shape index (κ2) is 5.73. The van der Waals surface area contributed by atoms with E-state index in [0.29, 0.717) is 21.7 Å². The van der Waals surface area contributed by atoms with E-state index in [1.54, 1.807) is 12.1 Å². The van der Waals surface area contributed by atoms with E-state index in [9.17, 15) is 5.11 Å². The average Bonchev–Trinajstić information content (AvgIpc) is 2.99. The summed E-state index contributed by atoms with van der Waals surface area (Å²) in [6.07, 6.45) is 5.37. The standard InChI is InChI=1S/C18H14BrCl2NO/c19-9-4-5-16(23)14(6-9)17-12-3-1-2-11(12)13-7-10(20)8-15(21)18(13)22-17/h1-2,4-8,11-12,17,22-23H,3H2. The van der Waals surface area contributed by atoms with Crippen molar-refractivity contribution in [1.29, 1.82) is 0 Å². The maximum Gasteiger partial charge on any atom is 0.120 e. The largest absolute Gasteiger partial charge is 0.508 e. The van der Waals surface area contributed by atoms with Crippen LogP contribution < -0.4 is 5.32 Å². The molecule has 118 valence electrons. The van der Waals surface area contributed by atoms with Crippen molar-refractivity contribution >= 4 is 44.8 Å². The highest BCUT2D eigenvalue weighted by Crippen LogP contribution is 2.53. The molecule has 2 aromatic carbocycles. The van der Waals surface area contributed by atoms with E-state index in [-0.39, 0.29) is 12.0 Å². The van der Waals surface area contributed by atoms with Crippen molar-refractivity contribution in [3.8, 4) is 5.75 Å². The fourth-order valence-electron chi connectivity index (χ4n) is 3.70. The lowest BCUT2D eigenvalue weighted by molar-refractivity contribution is 0.402. The second-order valence-electron chi connectivity index (χ2n) is 6.03. The topological polar surface area (TPSA) is 32.3 Å². The number of hydrogen-bond acceptors (Lipinski definition) is 2. The van der Waals surface area contributed by atoms with Gasteiger partial charge in [0.25, 0.3) is 0 Å². The first-order chi connectivity index (χ1) is 11.0. The average molecular weight is 411 g/mol. The van der Waals surface area contributed by atoms with Gasteiger partial charge in [-0.25, -0.2) is 0 Å². The Morgan fingerprint density at radius 2 is 1.96 bits per heavy atom. The van der Waals surface area contributed by atoms with Crippen LogP contribution in [0.1, 0.15) is 29.5 Å². The third-order valence-electron chi connectivity index (χ3n) is 4.71. The van der Waals surface area contributed by atoms with Gasteiger partial charge in [0.2, 0.25) is 0 Å². The summed E-state index contributed by atoms with van der Waals surface area (Å²) < 4.78 is 0.947. The quantitative estimate of drug-likeness (QED) is 0.541. The van der Waals surface area contributed by atoms with Gasteiger partial charge in [0.1, 0.15) is 5.75 Å². The van der Waals surface area contributed by atoms with Gasteiger partial charge in [0.15, 0.2) is 0 Å². The lowest BCUT2D eigenvalue weighted by Gasteiger charge is -2.38. The van der Waals surface area contributed by atoms with E-state index in [1.807, 2.05) is 18.2 Å². The van der Waals surface area contributed by atoms with Crippen LogP contribution in [0.2, 0.25) is 10.0 Å². The minimum absolute atomic E-state index is 0.00123.